The maximum atomic E-state index is 12.5. The molecule has 0 saturated heterocycles. The van der Waals surface area contributed by atoms with Crippen molar-refractivity contribution in [3.8, 4) is 17.1 Å². The summed E-state index contributed by atoms with van der Waals surface area (Å²) in [5.74, 6) is -1.23. The molecule has 0 spiro atoms. The summed E-state index contributed by atoms with van der Waals surface area (Å²) in [6.07, 6.45) is 0. The fourth-order valence-electron chi connectivity index (χ4n) is 2.58. The van der Waals surface area contributed by atoms with Gasteiger partial charge in [0.25, 0.3) is 5.91 Å². The van der Waals surface area contributed by atoms with Gasteiger partial charge in [-0.2, -0.15) is 0 Å². The molecule has 9 heteroatoms. The highest BCUT2D eigenvalue weighted by Crippen LogP contribution is 2.20. The van der Waals surface area contributed by atoms with Crippen LogP contribution in [0.3, 0.4) is 0 Å². The van der Waals surface area contributed by atoms with Crippen LogP contribution < -0.4 is 16.2 Å². The molecule has 3 amide bonds. The molecule has 0 saturated carbocycles. The summed E-state index contributed by atoms with van der Waals surface area (Å²) >= 11 is 0. The highest BCUT2D eigenvalue weighted by Gasteiger charge is 2.20. The van der Waals surface area contributed by atoms with Crippen LogP contribution in [0, 0.1) is 0 Å². The average Bonchev–Trinajstić information content (AvgIpc) is 3.18. The second-order valence-corrected chi connectivity index (χ2v) is 6.24. The van der Waals surface area contributed by atoms with Gasteiger partial charge in [0.05, 0.1) is 5.69 Å². The van der Waals surface area contributed by atoms with Gasteiger partial charge in [-0.15, -0.1) is 5.10 Å². The second-order valence-electron chi connectivity index (χ2n) is 6.24. The quantitative estimate of drug-likeness (QED) is 0.564. The van der Waals surface area contributed by atoms with Crippen molar-refractivity contribution in [3.05, 3.63) is 66.5 Å². The van der Waals surface area contributed by atoms with Gasteiger partial charge in [0.15, 0.2) is 5.82 Å². The lowest BCUT2D eigenvalue weighted by atomic mass is 10.2. The Morgan fingerprint density at radius 1 is 0.931 bits per heavy atom. The summed E-state index contributed by atoms with van der Waals surface area (Å²) in [6.45, 7) is 2.80. The highest BCUT2D eigenvalue weighted by atomic mass is 16.2. The summed E-state index contributed by atoms with van der Waals surface area (Å²) in [4.78, 5) is 39.8. The minimum absolute atomic E-state index is 0.111. The van der Waals surface area contributed by atoms with E-state index in [1.165, 1.54) is 13.8 Å². The Kier molecular flexibility index (Phi) is 5.98. The normalized spacial score (nSPS) is 11.4. The first-order valence-corrected chi connectivity index (χ1v) is 8.91. The van der Waals surface area contributed by atoms with Crippen LogP contribution in [0.25, 0.3) is 17.1 Å². The predicted molar refractivity (Wildman–Crippen MR) is 106 cm³/mol. The van der Waals surface area contributed by atoms with Gasteiger partial charge in [0.1, 0.15) is 6.04 Å². The second kappa shape index (κ2) is 8.79. The topological polar surface area (TPSA) is 118 Å². The average molecular weight is 392 g/mol. The number of carbonyl (C=O) groups is 3. The first-order chi connectivity index (χ1) is 14.0. The lowest BCUT2D eigenvalue weighted by Crippen LogP contribution is -2.50. The van der Waals surface area contributed by atoms with Crippen LogP contribution in [0.1, 0.15) is 24.5 Å². The fourth-order valence-corrected chi connectivity index (χ4v) is 2.58. The monoisotopic (exact) mass is 392 g/mol. The zero-order chi connectivity index (χ0) is 20.8. The summed E-state index contributed by atoms with van der Waals surface area (Å²) in [7, 11) is 0. The third-order valence-electron chi connectivity index (χ3n) is 3.96. The number of carbonyl (C=O) groups excluding carboxylic acids is 3. The van der Waals surface area contributed by atoms with Gasteiger partial charge in [-0.25, -0.2) is 9.67 Å². The van der Waals surface area contributed by atoms with E-state index < -0.39 is 17.9 Å². The van der Waals surface area contributed by atoms with E-state index in [0.29, 0.717) is 5.82 Å². The molecule has 1 heterocycles. The van der Waals surface area contributed by atoms with Crippen molar-refractivity contribution in [1.29, 1.82) is 0 Å². The summed E-state index contributed by atoms with van der Waals surface area (Å²) < 4.78 is 1.56. The molecule has 1 aromatic heterocycles. The lowest BCUT2D eigenvalue weighted by molar-refractivity contribution is -0.128. The van der Waals surface area contributed by atoms with Gasteiger partial charge < -0.3 is 5.32 Å². The van der Waals surface area contributed by atoms with Crippen LogP contribution in [0.15, 0.2) is 60.7 Å². The minimum Gasteiger partial charge on any atom is -0.345 e. The van der Waals surface area contributed by atoms with Crippen LogP contribution in [-0.2, 0) is 9.59 Å². The number of para-hydroxylation sites is 1. The number of hydrogen-bond donors (Lipinski definition) is 3. The highest BCUT2D eigenvalue weighted by molar-refractivity contribution is 5.94. The maximum Gasteiger partial charge on any atom is 0.309 e. The lowest BCUT2D eigenvalue weighted by Gasteiger charge is -2.12. The molecule has 3 N–H and O–H groups in total. The van der Waals surface area contributed by atoms with Crippen LogP contribution in [-0.4, -0.2) is 38.5 Å². The van der Waals surface area contributed by atoms with E-state index in [-0.39, 0.29) is 11.7 Å². The zero-order valence-corrected chi connectivity index (χ0v) is 15.9. The molecule has 9 nitrogen and oxygen atoms in total. The molecule has 0 aliphatic rings. The van der Waals surface area contributed by atoms with Gasteiger partial charge in [0.2, 0.25) is 11.7 Å². The van der Waals surface area contributed by atoms with Crippen molar-refractivity contribution in [3.63, 3.8) is 0 Å². The summed E-state index contributed by atoms with van der Waals surface area (Å²) in [6, 6.07) is 17.8. The van der Waals surface area contributed by atoms with Gasteiger partial charge >= 0.3 is 5.91 Å². The Bertz CT molecular complexity index is 960. The molecule has 0 fully saturated rings. The molecule has 1 unspecified atom stereocenters. The molecule has 29 heavy (non-hydrogen) atoms. The van der Waals surface area contributed by atoms with E-state index in [2.05, 4.69) is 26.3 Å². The number of aromatic nitrogens is 3. The van der Waals surface area contributed by atoms with Crippen molar-refractivity contribution in [1.82, 2.24) is 30.9 Å². The minimum atomic E-state index is -0.803. The van der Waals surface area contributed by atoms with Crippen LogP contribution in [0.5, 0.6) is 0 Å². The number of hydrazine groups is 1. The number of rotatable bonds is 5. The maximum absolute atomic E-state index is 12.5. The number of nitrogens with zero attached hydrogens (tertiary/aromatic N) is 3. The first kappa shape index (κ1) is 19.7. The SMILES string of the molecule is CC(=O)NC(C)C(=O)NNC(=O)c1nc(-c2ccccc2)n(-c2ccccc2)n1. The Labute approximate surface area is 167 Å². The molecule has 148 valence electrons. The van der Waals surface area contributed by atoms with Crippen molar-refractivity contribution in [2.24, 2.45) is 0 Å². The van der Waals surface area contributed by atoms with E-state index in [0.717, 1.165) is 11.3 Å². The largest absolute Gasteiger partial charge is 0.345 e. The van der Waals surface area contributed by atoms with Crippen LogP contribution >= 0.6 is 0 Å². The number of benzene rings is 2. The predicted octanol–water partition coefficient (Wildman–Crippen LogP) is 1.22. The van der Waals surface area contributed by atoms with Gasteiger partial charge in [-0.1, -0.05) is 48.5 Å². The van der Waals surface area contributed by atoms with Crippen molar-refractivity contribution < 1.29 is 14.4 Å². The molecule has 3 aromatic rings. The van der Waals surface area contributed by atoms with Crippen LogP contribution in [0.4, 0.5) is 0 Å². The van der Waals surface area contributed by atoms with Gasteiger partial charge in [-0.3, -0.25) is 25.2 Å². The Morgan fingerprint density at radius 2 is 1.55 bits per heavy atom. The van der Waals surface area contributed by atoms with Crippen molar-refractivity contribution in [2.75, 3.05) is 0 Å². The smallest absolute Gasteiger partial charge is 0.309 e. The van der Waals surface area contributed by atoms with E-state index in [4.69, 9.17) is 0 Å². The molecule has 0 radical (unpaired) electrons. The van der Waals surface area contributed by atoms with Crippen molar-refractivity contribution >= 4 is 17.7 Å². The molecule has 1 atom stereocenters. The molecule has 3 rings (SSSR count). The fraction of sp³-hybridized carbons (Fsp3) is 0.150. The Hall–Kier alpha value is -4.01. The van der Waals surface area contributed by atoms with E-state index in [9.17, 15) is 14.4 Å². The molecule has 0 aliphatic heterocycles. The summed E-state index contributed by atoms with van der Waals surface area (Å²) in [5, 5.41) is 6.73. The van der Waals surface area contributed by atoms with E-state index in [1.54, 1.807) is 4.68 Å². The van der Waals surface area contributed by atoms with Gasteiger partial charge in [-0.05, 0) is 19.1 Å². The molecule has 2 aromatic carbocycles. The molecule has 0 bridgehead atoms. The standard InChI is InChI=1S/C20H20N6O3/c1-13(21-14(2)27)19(28)23-24-20(29)17-22-18(15-9-5-3-6-10-15)26(25-17)16-11-7-4-8-12-16/h3-13H,1-2H3,(H,21,27)(H,23,28)(H,24,29). The third kappa shape index (κ3) is 4.83. The first-order valence-electron chi connectivity index (χ1n) is 8.91. The molecular weight excluding hydrogens is 372 g/mol. The number of amides is 3. The van der Waals surface area contributed by atoms with E-state index >= 15 is 0 Å². The summed E-state index contributed by atoms with van der Waals surface area (Å²) in [5.41, 5.74) is 6.04. The molecule has 0 aliphatic carbocycles. The van der Waals surface area contributed by atoms with E-state index in [1.807, 2.05) is 60.7 Å². The van der Waals surface area contributed by atoms with Crippen molar-refractivity contribution in [2.45, 2.75) is 19.9 Å². The number of nitrogens with one attached hydrogen (secondary N) is 3. The number of hydrogen-bond acceptors (Lipinski definition) is 5. The molecular formula is C20H20N6O3. The van der Waals surface area contributed by atoms with Gasteiger partial charge in [0, 0.05) is 12.5 Å². The van der Waals surface area contributed by atoms with Crippen LogP contribution in [0.2, 0.25) is 0 Å². The Morgan fingerprint density at radius 3 is 2.17 bits per heavy atom. The Balaban J connectivity index is 1.83. The third-order valence-corrected chi connectivity index (χ3v) is 3.96. The zero-order valence-electron chi connectivity index (χ0n) is 15.9.